The van der Waals surface area contributed by atoms with Gasteiger partial charge >= 0.3 is 0 Å². The third-order valence-corrected chi connectivity index (χ3v) is 3.68. The number of nitrogens with one attached hydrogen (secondary N) is 1. The summed E-state index contributed by atoms with van der Waals surface area (Å²) in [4.78, 5) is 12.1. The molecule has 1 unspecified atom stereocenters. The summed E-state index contributed by atoms with van der Waals surface area (Å²) in [5.74, 6) is 1.00. The third-order valence-electron chi connectivity index (χ3n) is 3.40. The van der Waals surface area contributed by atoms with Crippen molar-refractivity contribution in [2.75, 3.05) is 13.2 Å². The standard InChI is InChI=1S/C15H21ClN2O3/c1-3-4-15(2,17)14(19)18-9-10-7-11(16)13-12(8-10)20-5-6-21-13/h7-8H,3-6,9,17H2,1-2H3,(H,18,19). The average molecular weight is 313 g/mol. The molecule has 0 bridgehead atoms. The Hall–Kier alpha value is -1.46. The van der Waals surface area contributed by atoms with Crippen molar-refractivity contribution in [2.45, 2.75) is 38.8 Å². The summed E-state index contributed by atoms with van der Waals surface area (Å²) in [6.07, 6.45) is 1.50. The van der Waals surface area contributed by atoms with Crippen LogP contribution >= 0.6 is 11.6 Å². The minimum atomic E-state index is -0.855. The number of halogens is 1. The summed E-state index contributed by atoms with van der Waals surface area (Å²) in [7, 11) is 0. The molecule has 3 N–H and O–H groups in total. The minimum absolute atomic E-state index is 0.171. The van der Waals surface area contributed by atoms with E-state index in [0.29, 0.717) is 42.7 Å². The molecule has 0 fully saturated rings. The maximum atomic E-state index is 12.1. The predicted octanol–water partition coefficient (Wildman–Crippen LogP) is 2.24. The first-order valence-corrected chi connectivity index (χ1v) is 7.47. The number of amides is 1. The van der Waals surface area contributed by atoms with Crippen LogP contribution in [0.25, 0.3) is 0 Å². The van der Waals surface area contributed by atoms with E-state index in [1.165, 1.54) is 0 Å². The fourth-order valence-corrected chi connectivity index (χ4v) is 2.57. The van der Waals surface area contributed by atoms with Gasteiger partial charge in [0.25, 0.3) is 0 Å². The molecule has 1 amide bonds. The summed E-state index contributed by atoms with van der Waals surface area (Å²) >= 11 is 6.16. The molecule has 0 aliphatic carbocycles. The van der Waals surface area contributed by atoms with Gasteiger partial charge in [0, 0.05) is 6.54 Å². The molecule has 5 nitrogen and oxygen atoms in total. The number of benzene rings is 1. The van der Waals surface area contributed by atoms with E-state index < -0.39 is 5.54 Å². The Morgan fingerprint density at radius 2 is 2.14 bits per heavy atom. The number of carbonyl (C=O) groups is 1. The van der Waals surface area contributed by atoms with Crippen LogP contribution in [0.4, 0.5) is 0 Å². The van der Waals surface area contributed by atoms with Crippen LogP contribution < -0.4 is 20.5 Å². The van der Waals surface area contributed by atoms with Crippen LogP contribution in [0.3, 0.4) is 0 Å². The molecule has 6 heteroatoms. The van der Waals surface area contributed by atoms with Gasteiger partial charge in [0.05, 0.1) is 10.6 Å². The summed E-state index contributed by atoms with van der Waals surface area (Å²) < 4.78 is 11.0. The van der Waals surface area contributed by atoms with Crippen molar-refractivity contribution < 1.29 is 14.3 Å². The van der Waals surface area contributed by atoms with Gasteiger partial charge in [-0.05, 0) is 31.0 Å². The molecule has 1 heterocycles. The molecule has 1 aromatic rings. The molecule has 0 radical (unpaired) electrons. The summed E-state index contributed by atoms with van der Waals surface area (Å²) in [5, 5.41) is 3.33. The van der Waals surface area contributed by atoms with Crippen molar-refractivity contribution >= 4 is 17.5 Å². The van der Waals surface area contributed by atoms with Crippen molar-refractivity contribution in [2.24, 2.45) is 5.73 Å². The second-order valence-corrected chi connectivity index (χ2v) is 5.86. The lowest BCUT2D eigenvalue weighted by Gasteiger charge is -2.23. The molecule has 0 aromatic heterocycles. The van der Waals surface area contributed by atoms with E-state index in [1.54, 1.807) is 13.0 Å². The Morgan fingerprint density at radius 3 is 2.86 bits per heavy atom. The fourth-order valence-electron chi connectivity index (χ4n) is 2.28. The molecule has 1 aromatic carbocycles. The van der Waals surface area contributed by atoms with E-state index >= 15 is 0 Å². The molecule has 0 saturated carbocycles. The third kappa shape index (κ3) is 3.80. The van der Waals surface area contributed by atoms with Gasteiger partial charge in [0.1, 0.15) is 13.2 Å². The maximum absolute atomic E-state index is 12.1. The number of nitrogens with two attached hydrogens (primary N) is 1. The second kappa shape index (κ2) is 6.54. The Kier molecular flexibility index (Phi) is 4.96. The molecule has 1 atom stereocenters. The number of hydrogen-bond acceptors (Lipinski definition) is 4. The van der Waals surface area contributed by atoms with Crippen molar-refractivity contribution in [3.63, 3.8) is 0 Å². The number of hydrogen-bond donors (Lipinski definition) is 2. The quantitative estimate of drug-likeness (QED) is 0.874. The summed E-state index contributed by atoms with van der Waals surface area (Å²) in [6.45, 7) is 5.08. The first-order chi connectivity index (χ1) is 9.94. The Morgan fingerprint density at radius 1 is 1.43 bits per heavy atom. The highest BCUT2D eigenvalue weighted by Gasteiger charge is 2.27. The summed E-state index contributed by atoms with van der Waals surface area (Å²) in [6, 6.07) is 3.59. The number of fused-ring (bicyclic) bond motifs is 1. The highest BCUT2D eigenvalue weighted by atomic mass is 35.5. The molecule has 0 saturated heterocycles. The van der Waals surface area contributed by atoms with Crippen LogP contribution in [0, 0.1) is 0 Å². The molecule has 21 heavy (non-hydrogen) atoms. The smallest absolute Gasteiger partial charge is 0.240 e. The van der Waals surface area contributed by atoms with Gasteiger partial charge in [-0.3, -0.25) is 4.79 Å². The van der Waals surface area contributed by atoms with Crippen LogP contribution in [-0.2, 0) is 11.3 Å². The van der Waals surface area contributed by atoms with Crippen molar-refractivity contribution in [3.8, 4) is 11.5 Å². The molecule has 116 valence electrons. The SMILES string of the molecule is CCCC(C)(N)C(=O)NCc1cc(Cl)c2c(c1)OCCO2. The number of ether oxygens (including phenoxy) is 2. The van der Waals surface area contributed by atoms with E-state index in [0.717, 1.165) is 12.0 Å². The average Bonchev–Trinajstić information content (AvgIpc) is 2.44. The van der Waals surface area contributed by atoms with E-state index in [1.807, 2.05) is 13.0 Å². The van der Waals surface area contributed by atoms with Gasteiger partial charge in [0.2, 0.25) is 5.91 Å². The predicted molar refractivity (Wildman–Crippen MR) is 81.8 cm³/mol. The van der Waals surface area contributed by atoms with Crippen molar-refractivity contribution in [1.29, 1.82) is 0 Å². The Bertz CT molecular complexity index is 532. The lowest BCUT2D eigenvalue weighted by atomic mass is 9.96. The minimum Gasteiger partial charge on any atom is -0.486 e. The van der Waals surface area contributed by atoms with Gasteiger partial charge in [-0.25, -0.2) is 0 Å². The zero-order valence-corrected chi connectivity index (χ0v) is 13.1. The fraction of sp³-hybridized carbons (Fsp3) is 0.533. The largest absolute Gasteiger partial charge is 0.486 e. The normalized spacial score (nSPS) is 16.2. The van der Waals surface area contributed by atoms with E-state index in [9.17, 15) is 4.79 Å². The highest BCUT2D eigenvalue weighted by molar-refractivity contribution is 6.32. The van der Waals surface area contributed by atoms with Gasteiger partial charge in [-0.1, -0.05) is 24.9 Å². The van der Waals surface area contributed by atoms with Crippen molar-refractivity contribution in [3.05, 3.63) is 22.7 Å². The van der Waals surface area contributed by atoms with Crippen LogP contribution in [0.2, 0.25) is 5.02 Å². The Labute approximate surface area is 129 Å². The van der Waals surface area contributed by atoms with E-state index in [4.69, 9.17) is 26.8 Å². The van der Waals surface area contributed by atoms with Gasteiger partial charge in [-0.2, -0.15) is 0 Å². The molecule has 2 rings (SSSR count). The van der Waals surface area contributed by atoms with Gasteiger partial charge < -0.3 is 20.5 Å². The summed E-state index contributed by atoms with van der Waals surface area (Å²) in [5.41, 5.74) is 5.99. The first-order valence-electron chi connectivity index (χ1n) is 7.09. The monoisotopic (exact) mass is 312 g/mol. The molecule has 1 aliphatic rings. The maximum Gasteiger partial charge on any atom is 0.240 e. The first kappa shape index (κ1) is 15.9. The van der Waals surface area contributed by atoms with E-state index in [2.05, 4.69) is 5.32 Å². The zero-order chi connectivity index (χ0) is 15.5. The lowest BCUT2D eigenvalue weighted by molar-refractivity contribution is -0.126. The van der Waals surface area contributed by atoms with Gasteiger partial charge in [0.15, 0.2) is 11.5 Å². The topological polar surface area (TPSA) is 73.6 Å². The molecule has 1 aliphatic heterocycles. The molecule has 0 spiro atoms. The Balaban J connectivity index is 2.04. The van der Waals surface area contributed by atoms with Crippen LogP contribution in [0.1, 0.15) is 32.3 Å². The highest BCUT2D eigenvalue weighted by Crippen LogP contribution is 2.38. The number of rotatable bonds is 5. The molecular weight excluding hydrogens is 292 g/mol. The van der Waals surface area contributed by atoms with Crippen LogP contribution in [0.15, 0.2) is 12.1 Å². The zero-order valence-electron chi connectivity index (χ0n) is 12.4. The van der Waals surface area contributed by atoms with Crippen LogP contribution in [-0.4, -0.2) is 24.7 Å². The van der Waals surface area contributed by atoms with Crippen LogP contribution in [0.5, 0.6) is 11.5 Å². The van der Waals surface area contributed by atoms with Gasteiger partial charge in [-0.15, -0.1) is 0 Å². The lowest BCUT2D eigenvalue weighted by Crippen LogP contribution is -2.51. The van der Waals surface area contributed by atoms with Crippen molar-refractivity contribution in [1.82, 2.24) is 5.32 Å². The molecular formula is C15H21ClN2O3. The second-order valence-electron chi connectivity index (χ2n) is 5.45. The van der Waals surface area contributed by atoms with E-state index in [-0.39, 0.29) is 5.91 Å². The number of carbonyl (C=O) groups excluding carboxylic acids is 1.